The fraction of sp³-hybridized carbons (Fsp3) is 0.263. The molecule has 1 aliphatic heterocycles. The van der Waals surface area contributed by atoms with E-state index in [9.17, 15) is 9.59 Å². The van der Waals surface area contributed by atoms with Crippen LogP contribution < -0.4 is 10.2 Å². The van der Waals surface area contributed by atoms with Crippen molar-refractivity contribution >= 4 is 29.3 Å². The molecule has 1 aliphatic rings. The third-order valence-electron chi connectivity index (χ3n) is 3.93. The summed E-state index contributed by atoms with van der Waals surface area (Å²) >= 11 is 1.80. The first-order chi connectivity index (χ1) is 11.6. The van der Waals surface area contributed by atoms with Gasteiger partial charge in [-0.2, -0.15) is 0 Å². The number of para-hydroxylation sites is 1. The number of carbonyl (C=O) groups is 2. The van der Waals surface area contributed by atoms with E-state index < -0.39 is 0 Å². The van der Waals surface area contributed by atoms with Crippen molar-refractivity contribution in [1.29, 1.82) is 0 Å². The highest BCUT2D eigenvalue weighted by atomic mass is 32.2. The number of anilines is 1. The number of rotatable bonds is 3. The highest BCUT2D eigenvalue weighted by molar-refractivity contribution is 7.99. The maximum Gasteiger partial charge on any atom is 0.258 e. The summed E-state index contributed by atoms with van der Waals surface area (Å²) < 4.78 is 0. The van der Waals surface area contributed by atoms with Crippen LogP contribution in [0.25, 0.3) is 0 Å². The van der Waals surface area contributed by atoms with E-state index in [0.717, 1.165) is 34.9 Å². The maximum atomic E-state index is 12.9. The predicted octanol–water partition coefficient (Wildman–Crippen LogP) is 3.47. The lowest BCUT2D eigenvalue weighted by Gasteiger charge is -2.22. The van der Waals surface area contributed by atoms with Crippen LogP contribution in [-0.2, 0) is 11.3 Å². The van der Waals surface area contributed by atoms with Gasteiger partial charge < -0.3 is 10.2 Å². The summed E-state index contributed by atoms with van der Waals surface area (Å²) in [4.78, 5) is 26.9. The van der Waals surface area contributed by atoms with Gasteiger partial charge in [-0.25, -0.2) is 0 Å². The Labute approximate surface area is 146 Å². The van der Waals surface area contributed by atoms with Crippen molar-refractivity contribution in [3.8, 4) is 0 Å². The third kappa shape index (κ3) is 3.79. The van der Waals surface area contributed by atoms with Gasteiger partial charge in [0.25, 0.3) is 5.91 Å². The van der Waals surface area contributed by atoms with Crippen molar-refractivity contribution in [2.45, 2.75) is 24.8 Å². The van der Waals surface area contributed by atoms with Crippen molar-refractivity contribution in [2.24, 2.45) is 0 Å². The monoisotopic (exact) mass is 340 g/mol. The quantitative estimate of drug-likeness (QED) is 0.931. The molecule has 2 aromatic carbocycles. The molecular formula is C19H20N2O2S. The normalized spacial score (nSPS) is 13.8. The molecule has 0 spiro atoms. The lowest BCUT2D eigenvalue weighted by molar-refractivity contribution is -0.119. The van der Waals surface area contributed by atoms with Crippen LogP contribution in [0.15, 0.2) is 53.4 Å². The molecule has 0 atom stereocenters. The molecule has 5 heteroatoms. The van der Waals surface area contributed by atoms with E-state index in [1.54, 1.807) is 11.8 Å². The zero-order valence-corrected chi connectivity index (χ0v) is 14.4. The first-order valence-corrected chi connectivity index (χ1v) is 9.01. The predicted molar refractivity (Wildman–Crippen MR) is 97.4 cm³/mol. The number of carbonyl (C=O) groups excluding carboxylic acids is 2. The number of fused-ring (bicyclic) bond motifs is 1. The van der Waals surface area contributed by atoms with Crippen molar-refractivity contribution < 1.29 is 9.59 Å². The minimum absolute atomic E-state index is 0.0241. The van der Waals surface area contributed by atoms with E-state index in [0.29, 0.717) is 12.1 Å². The smallest absolute Gasteiger partial charge is 0.258 e. The lowest BCUT2D eigenvalue weighted by atomic mass is 10.1. The van der Waals surface area contributed by atoms with Crippen molar-refractivity contribution in [3.05, 3.63) is 59.7 Å². The fourth-order valence-corrected chi connectivity index (χ4v) is 3.68. The zero-order valence-electron chi connectivity index (χ0n) is 13.6. The molecule has 0 fully saturated rings. The summed E-state index contributed by atoms with van der Waals surface area (Å²) in [6.45, 7) is 2.70. The van der Waals surface area contributed by atoms with Gasteiger partial charge in [-0.05, 0) is 42.0 Å². The number of hydrogen-bond acceptors (Lipinski definition) is 3. The Hall–Kier alpha value is -2.27. The molecule has 0 radical (unpaired) electrons. The molecule has 124 valence electrons. The average molecular weight is 340 g/mol. The number of amides is 2. The molecule has 1 N–H and O–H groups in total. The van der Waals surface area contributed by atoms with E-state index in [1.807, 2.05) is 47.4 Å². The molecule has 0 aliphatic carbocycles. The second-order valence-electron chi connectivity index (χ2n) is 5.73. The van der Waals surface area contributed by atoms with Crippen molar-refractivity contribution in [1.82, 2.24) is 5.32 Å². The average Bonchev–Trinajstić information content (AvgIpc) is 2.82. The van der Waals surface area contributed by atoms with Crippen LogP contribution in [0.5, 0.6) is 0 Å². The SMILES string of the molecule is CC(=O)NCc1ccc(C(=O)N2CCCSc3ccccc32)cc1. The van der Waals surface area contributed by atoms with E-state index in [-0.39, 0.29) is 11.8 Å². The Morgan fingerprint density at radius 3 is 2.62 bits per heavy atom. The van der Waals surface area contributed by atoms with Gasteiger partial charge in [-0.1, -0.05) is 24.3 Å². The molecule has 1 heterocycles. The summed E-state index contributed by atoms with van der Waals surface area (Å²) in [5.41, 5.74) is 2.64. The molecule has 24 heavy (non-hydrogen) atoms. The molecule has 0 saturated carbocycles. The highest BCUT2D eigenvalue weighted by Crippen LogP contribution is 2.34. The summed E-state index contributed by atoms with van der Waals surface area (Å²) in [5, 5.41) is 2.76. The Bertz CT molecular complexity index is 743. The maximum absolute atomic E-state index is 12.9. The number of hydrogen-bond donors (Lipinski definition) is 1. The molecule has 0 aromatic heterocycles. The largest absolute Gasteiger partial charge is 0.352 e. The van der Waals surface area contributed by atoms with Crippen LogP contribution in [0.2, 0.25) is 0 Å². The van der Waals surface area contributed by atoms with Gasteiger partial charge >= 0.3 is 0 Å². The molecular weight excluding hydrogens is 320 g/mol. The van der Waals surface area contributed by atoms with E-state index in [1.165, 1.54) is 6.92 Å². The van der Waals surface area contributed by atoms with Gasteiger partial charge in [0, 0.05) is 30.5 Å². The first-order valence-electron chi connectivity index (χ1n) is 8.02. The lowest BCUT2D eigenvalue weighted by Crippen LogP contribution is -2.31. The van der Waals surface area contributed by atoms with Crippen LogP contribution in [0.3, 0.4) is 0 Å². The fourth-order valence-electron chi connectivity index (χ4n) is 2.69. The topological polar surface area (TPSA) is 49.4 Å². The van der Waals surface area contributed by atoms with Crippen LogP contribution in [-0.4, -0.2) is 24.1 Å². The Morgan fingerprint density at radius 1 is 1.12 bits per heavy atom. The second kappa shape index (κ2) is 7.53. The highest BCUT2D eigenvalue weighted by Gasteiger charge is 2.22. The molecule has 0 saturated heterocycles. The molecule has 0 bridgehead atoms. The van der Waals surface area contributed by atoms with Crippen molar-refractivity contribution in [3.63, 3.8) is 0 Å². The van der Waals surface area contributed by atoms with Gasteiger partial charge in [0.2, 0.25) is 5.91 Å². The van der Waals surface area contributed by atoms with Gasteiger partial charge in [0.1, 0.15) is 0 Å². The van der Waals surface area contributed by atoms with Gasteiger partial charge in [-0.15, -0.1) is 11.8 Å². The molecule has 2 amide bonds. The minimum atomic E-state index is -0.0613. The zero-order chi connectivity index (χ0) is 16.9. The van der Waals surface area contributed by atoms with Crippen molar-refractivity contribution in [2.75, 3.05) is 17.2 Å². The van der Waals surface area contributed by atoms with Crippen LogP contribution in [0.1, 0.15) is 29.3 Å². The summed E-state index contributed by atoms with van der Waals surface area (Å²) in [7, 11) is 0. The third-order valence-corrected chi connectivity index (χ3v) is 5.08. The first kappa shape index (κ1) is 16.6. The number of nitrogens with one attached hydrogen (secondary N) is 1. The number of benzene rings is 2. The molecule has 3 rings (SSSR count). The Balaban J connectivity index is 1.80. The summed E-state index contributed by atoms with van der Waals surface area (Å²) in [6, 6.07) is 15.5. The van der Waals surface area contributed by atoms with E-state index >= 15 is 0 Å². The van der Waals surface area contributed by atoms with Gasteiger partial charge in [0.05, 0.1) is 5.69 Å². The van der Waals surface area contributed by atoms with E-state index in [4.69, 9.17) is 0 Å². The number of nitrogens with zero attached hydrogens (tertiary/aromatic N) is 1. The van der Waals surface area contributed by atoms with E-state index in [2.05, 4.69) is 11.4 Å². The van der Waals surface area contributed by atoms with Gasteiger partial charge in [0.15, 0.2) is 0 Å². The molecule has 2 aromatic rings. The Morgan fingerprint density at radius 2 is 1.88 bits per heavy atom. The molecule has 0 unspecified atom stereocenters. The van der Waals surface area contributed by atoms with Gasteiger partial charge in [-0.3, -0.25) is 9.59 Å². The second-order valence-corrected chi connectivity index (χ2v) is 6.87. The standard InChI is InChI=1S/C19H20N2O2S/c1-14(22)20-13-15-7-9-16(10-8-15)19(23)21-11-4-12-24-18-6-3-2-5-17(18)21/h2-3,5-10H,4,11-13H2,1H3,(H,20,22). The van der Waals surface area contributed by atoms with Crippen LogP contribution in [0, 0.1) is 0 Å². The number of thioether (sulfide) groups is 1. The Kier molecular flexibility index (Phi) is 5.20. The molecule has 4 nitrogen and oxygen atoms in total. The van der Waals surface area contributed by atoms with Crippen LogP contribution in [0.4, 0.5) is 5.69 Å². The summed E-state index contributed by atoms with van der Waals surface area (Å²) in [6.07, 6.45) is 0.978. The minimum Gasteiger partial charge on any atom is -0.352 e. The van der Waals surface area contributed by atoms with Crippen LogP contribution >= 0.6 is 11.8 Å². The summed E-state index contributed by atoms with van der Waals surface area (Å²) in [5.74, 6) is 0.987.